The Balaban J connectivity index is 2.36. The summed E-state index contributed by atoms with van der Waals surface area (Å²) in [7, 11) is 0. The Kier molecular flexibility index (Phi) is 3.95. The van der Waals surface area contributed by atoms with Crippen LogP contribution in [0.3, 0.4) is 0 Å². The maximum Gasteiger partial charge on any atom is 0.132 e. The molecule has 0 saturated carbocycles. The number of hydrogen-bond acceptors (Lipinski definition) is 1. The summed E-state index contributed by atoms with van der Waals surface area (Å²) in [5.41, 5.74) is 2.24. The largest absolute Gasteiger partial charge is 0.295 e. The summed E-state index contributed by atoms with van der Waals surface area (Å²) in [5, 5.41) is 0.00959. The van der Waals surface area contributed by atoms with Crippen LogP contribution in [-0.4, -0.2) is 9.55 Å². The predicted molar refractivity (Wildman–Crippen MR) is 88.0 cm³/mol. The smallest absolute Gasteiger partial charge is 0.132 e. The zero-order valence-electron chi connectivity index (χ0n) is 10.9. The minimum absolute atomic E-state index is 0.321. The fourth-order valence-corrected chi connectivity index (χ4v) is 2.99. The van der Waals surface area contributed by atoms with Crippen LogP contribution in [0.4, 0.5) is 4.39 Å². The first-order chi connectivity index (χ1) is 9.95. The van der Waals surface area contributed by atoms with E-state index >= 15 is 0 Å². The summed E-state index contributed by atoms with van der Waals surface area (Å²) in [6, 6.07) is 10.1. The Hall–Kier alpha value is -1.10. The van der Waals surface area contributed by atoms with E-state index < -0.39 is 5.82 Å². The van der Waals surface area contributed by atoms with E-state index in [-0.39, 0.29) is 5.38 Å². The van der Waals surface area contributed by atoms with Gasteiger partial charge < -0.3 is 0 Å². The Labute approximate surface area is 139 Å². The van der Waals surface area contributed by atoms with Crippen molar-refractivity contribution >= 4 is 50.2 Å². The molecule has 0 aliphatic carbocycles. The number of aromatic nitrogens is 2. The van der Waals surface area contributed by atoms with E-state index in [4.69, 9.17) is 23.2 Å². The van der Waals surface area contributed by atoms with Crippen LogP contribution in [0.15, 0.2) is 40.9 Å². The number of fused-ring (bicyclic) bond motifs is 1. The molecule has 0 amide bonds. The average Bonchev–Trinajstić information content (AvgIpc) is 2.76. The number of hydrogen-bond donors (Lipinski definition) is 0. The van der Waals surface area contributed by atoms with Crippen LogP contribution < -0.4 is 0 Å². The molecule has 0 spiro atoms. The summed E-state index contributed by atoms with van der Waals surface area (Å²) in [6.45, 7) is 1.83. The minimum atomic E-state index is -0.398. The molecule has 0 N–H and O–H groups in total. The highest BCUT2D eigenvalue weighted by Crippen LogP contribution is 2.30. The van der Waals surface area contributed by atoms with E-state index in [1.165, 1.54) is 12.1 Å². The molecule has 21 heavy (non-hydrogen) atoms. The van der Waals surface area contributed by atoms with Crippen molar-refractivity contribution < 1.29 is 4.39 Å². The molecular weight excluding hydrogens is 378 g/mol. The van der Waals surface area contributed by atoms with Crippen molar-refractivity contribution in [1.29, 1.82) is 0 Å². The van der Waals surface area contributed by atoms with Crippen molar-refractivity contribution in [2.45, 2.75) is 12.3 Å². The van der Waals surface area contributed by atoms with Gasteiger partial charge in [0, 0.05) is 9.50 Å². The molecule has 0 aliphatic rings. The van der Waals surface area contributed by atoms with Crippen LogP contribution in [0.5, 0.6) is 0 Å². The molecule has 0 saturated heterocycles. The first kappa shape index (κ1) is 14.8. The van der Waals surface area contributed by atoms with Crippen LogP contribution in [0.1, 0.15) is 18.1 Å². The Morgan fingerprint density at radius 1 is 1.24 bits per heavy atom. The van der Waals surface area contributed by atoms with Gasteiger partial charge in [-0.15, -0.1) is 11.6 Å². The third-order valence-corrected chi connectivity index (χ3v) is 4.01. The molecule has 3 rings (SSSR count). The molecule has 2 aromatic carbocycles. The topological polar surface area (TPSA) is 17.8 Å². The zero-order chi connectivity index (χ0) is 15.1. The van der Waals surface area contributed by atoms with Crippen molar-refractivity contribution in [3.63, 3.8) is 0 Å². The van der Waals surface area contributed by atoms with Crippen molar-refractivity contribution in [1.82, 2.24) is 9.55 Å². The maximum atomic E-state index is 13.7. The summed E-state index contributed by atoms with van der Waals surface area (Å²) < 4.78 is 16.4. The highest BCUT2D eigenvalue weighted by molar-refractivity contribution is 9.10. The van der Waals surface area contributed by atoms with Gasteiger partial charge in [-0.2, -0.15) is 0 Å². The predicted octanol–water partition coefficient (Wildman–Crippen LogP) is 5.88. The van der Waals surface area contributed by atoms with E-state index in [0.29, 0.717) is 16.5 Å². The lowest BCUT2D eigenvalue weighted by molar-refractivity contribution is 0.626. The first-order valence-electron chi connectivity index (χ1n) is 6.24. The van der Waals surface area contributed by atoms with Gasteiger partial charge in [0.1, 0.15) is 11.6 Å². The lowest BCUT2D eigenvalue weighted by Crippen LogP contribution is -2.02. The lowest BCUT2D eigenvalue weighted by Gasteiger charge is -2.11. The number of alkyl halides is 1. The molecule has 6 heteroatoms. The van der Waals surface area contributed by atoms with E-state index in [2.05, 4.69) is 20.9 Å². The second-order valence-electron chi connectivity index (χ2n) is 4.68. The van der Waals surface area contributed by atoms with Gasteiger partial charge in [-0.3, -0.25) is 4.57 Å². The standard InChI is InChI=1S/C15H10BrCl2FN2/c1-8(17)15-20-13-4-9(16)2-3-14(13)21(15)12-6-10(18)5-11(19)7-12/h2-8H,1H3. The van der Waals surface area contributed by atoms with Gasteiger partial charge in [0.2, 0.25) is 0 Å². The van der Waals surface area contributed by atoms with Crippen molar-refractivity contribution in [3.05, 3.63) is 57.5 Å². The molecule has 0 bridgehead atoms. The molecule has 0 radical (unpaired) electrons. The fourth-order valence-electron chi connectivity index (χ4n) is 2.28. The Morgan fingerprint density at radius 3 is 2.67 bits per heavy atom. The molecule has 1 heterocycles. The van der Waals surface area contributed by atoms with E-state index in [9.17, 15) is 4.39 Å². The monoisotopic (exact) mass is 386 g/mol. The molecular formula is C15H10BrCl2FN2. The first-order valence-corrected chi connectivity index (χ1v) is 7.85. The Bertz CT molecular complexity index is 810. The van der Waals surface area contributed by atoms with Gasteiger partial charge in [-0.25, -0.2) is 9.37 Å². The normalized spacial score (nSPS) is 12.8. The molecule has 2 nitrogen and oxygen atoms in total. The number of rotatable bonds is 2. The molecule has 0 aliphatic heterocycles. The van der Waals surface area contributed by atoms with E-state index in [1.807, 2.05) is 29.7 Å². The van der Waals surface area contributed by atoms with Crippen LogP contribution in [-0.2, 0) is 0 Å². The molecule has 1 atom stereocenters. The number of imidazole rings is 1. The quantitative estimate of drug-likeness (QED) is 0.502. The summed E-state index contributed by atoms with van der Waals surface area (Å²) in [5.74, 6) is 0.246. The van der Waals surface area contributed by atoms with Crippen molar-refractivity contribution in [2.75, 3.05) is 0 Å². The van der Waals surface area contributed by atoms with Crippen LogP contribution in [0.25, 0.3) is 16.7 Å². The van der Waals surface area contributed by atoms with Gasteiger partial charge in [0.15, 0.2) is 0 Å². The van der Waals surface area contributed by atoms with Gasteiger partial charge in [0.25, 0.3) is 0 Å². The number of nitrogens with zero attached hydrogens (tertiary/aromatic N) is 2. The SMILES string of the molecule is CC(Cl)c1nc2cc(Br)ccc2n1-c1cc(F)cc(Cl)c1. The third-order valence-electron chi connectivity index (χ3n) is 3.10. The Morgan fingerprint density at radius 2 is 2.00 bits per heavy atom. The second kappa shape index (κ2) is 5.59. The molecule has 3 aromatic rings. The fraction of sp³-hybridized carbons (Fsp3) is 0.133. The number of benzene rings is 2. The van der Waals surface area contributed by atoms with E-state index in [1.54, 1.807) is 6.07 Å². The maximum absolute atomic E-state index is 13.7. The third kappa shape index (κ3) is 2.80. The summed E-state index contributed by atoms with van der Waals surface area (Å²) in [4.78, 5) is 4.54. The van der Waals surface area contributed by atoms with Gasteiger partial charge >= 0.3 is 0 Å². The van der Waals surface area contributed by atoms with Gasteiger partial charge in [-0.1, -0.05) is 27.5 Å². The lowest BCUT2D eigenvalue weighted by atomic mass is 10.2. The minimum Gasteiger partial charge on any atom is -0.295 e. The van der Waals surface area contributed by atoms with Crippen molar-refractivity contribution in [3.8, 4) is 5.69 Å². The summed E-state index contributed by atoms with van der Waals surface area (Å²) >= 11 is 15.6. The molecule has 108 valence electrons. The zero-order valence-corrected chi connectivity index (χ0v) is 14.0. The van der Waals surface area contributed by atoms with Gasteiger partial charge in [-0.05, 0) is 43.3 Å². The van der Waals surface area contributed by atoms with Crippen LogP contribution in [0.2, 0.25) is 5.02 Å². The summed E-state index contributed by atoms with van der Waals surface area (Å²) in [6.07, 6.45) is 0. The molecule has 1 unspecified atom stereocenters. The molecule has 0 fully saturated rings. The van der Waals surface area contributed by atoms with Gasteiger partial charge in [0.05, 0.1) is 22.1 Å². The van der Waals surface area contributed by atoms with Crippen molar-refractivity contribution in [2.24, 2.45) is 0 Å². The average molecular weight is 388 g/mol. The van der Waals surface area contributed by atoms with E-state index in [0.717, 1.165) is 15.5 Å². The van der Waals surface area contributed by atoms with Crippen LogP contribution >= 0.6 is 39.1 Å². The highest BCUT2D eigenvalue weighted by Gasteiger charge is 2.17. The number of halogens is 4. The molecule has 1 aromatic heterocycles. The highest BCUT2D eigenvalue weighted by atomic mass is 79.9. The second-order valence-corrected chi connectivity index (χ2v) is 6.69. The van der Waals surface area contributed by atoms with Crippen LogP contribution in [0, 0.1) is 5.82 Å².